The SMILES string of the molecule is Nc1nnc(-c2cccc(CS(=O)O)c2)c(-c2ccccc2)n1. The van der Waals surface area contributed by atoms with Crippen LogP contribution in [0.4, 0.5) is 5.95 Å². The van der Waals surface area contributed by atoms with Crippen molar-refractivity contribution >= 4 is 17.0 Å². The van der Waals surface area contributed by atoms with Crippen molar-refractivity contribution in [3.63, 3.8) is 0 Å². The molecule has 7 heteroatoms. The fourth-order valence-corrected chi connectivity index (χ4v) is 2.75. The van der Waals surface area contributed by atoms with Gasteiger partial charge in [0.15, 0.2) is 11.1 Å². The number of nitrogens with two attached hydrogens (primary N) is 1. The number of aromatic nitrogens is 3. The molecule has 1 unspecified atom stereocenters. The van der Waals surface area contributed by atoms with Crippen molar-refractivity contribution in [1.29, 1.82) is 0 Å². The third-order valence-corrected chi connectivity index (χ3v) is 3.82. The Hall–Kier alpha value is -2.64. The first kappa shape index (κ1) is 15.3. The molecule has 0 aliphatic heterocycles. The Morgan fingerprint density at radius 3 is 2.43 bits per heavy atom. The third kappa shape index (κ3) is 3.58. The minimum Gasteiger partial charge on any atom is -0.366 e. The van der Waals surface area contributed by atoms with Crippen LogP contribution in [0.5, 0.6) is 0 Å². The summed E-state index contributed by atoms with van der Waals surface area (Å²) in [7, 11) is 0. The average Bonchev–Trinajstić information content (AvgIpc) is 2.55. The highest BCUT2D eigenvalue weighted by Gasteiger charge is 2.13. The molecule has 3 rings (SSSR count). The molecule has 0 aliphatic rings. The second-order valence-corrected chi connectivity index (χ2v) is 5.83. The van der Waals surface area contributed by atoms with E-state index in [1.54, 1.807) is 6.07 Å². The van der Waals surface area contributed by atoms with Crippen molar-refractivity contribution in [2.24, 2.45) is 0 Å². The van der Waals surface area contributed by atoms with Gasteiger partial charge >= 0.3 is 0 Å². The van der Waals surface area contributed by atoms with Crippen LogP contribution in [-0.4, -0.2) is 23.9 Å². The molecule has 0 saturated heterocycles. The van der Waals surface area contributed by atoms with Gasteiger partial charge in [0.05, 0.1) is 5.75 Å². The number of hydrogen-bond donors (Lipinski definition) is 2. The van der Waals surface area contributed by atoms with Crippen LogP contribution in [0, 0.1) is 0 Å². The Morgan fingerprint density at radius 1 is 0.957 bits per heavy atom. The summed E-state index contributed by atoms with van der Waals surface area (Å²) in [5.41, 5.74) is 9.27. The normalized spacial score (nSPS) is 12.0. The Balaban J connectivity index is 2.12. The van der Waals surface area contributed by atoms with E-state index in [1.165, 1.54) is 0 Å². The lowest BCUT2D eigenvalue weighted by atomic mass is 10.0. The van der Waals surface area contributed by atoms with Gasteiger partial charge in [-0.15, -0.1) is 10.2 Å². The highest BCUT2D eigenvalue weighted by molar-refractivity contribution is 7.78. The van der Waals surface area contributed by atoms with Gasteiger partial charge < -0.3 is 10.3 Å². The van der Waals surface area contributed by atoms with E-state index in [0.29, 0.717) is 11.4 Å². The van der Waals surface area contributed by atoms with Gasteiger partial charge in [0, 0.05) is 11.1 Å². The molecule has 2 aromatic carbocycles. The number of nitrogens with zero attached hydrogens (tertiary/aromatic N) is 3. The molecule has 3 N–H and O–H groups in total. The number of benzene rings is 2. The fourth-order valence-electron chi connectivity index (χ4n) is 2.28. The summed E-state index contributed by atoms with van der Waals surface area (Å²) in [6.07, 6.45) is 0. The summed E-state index contributed by atoms with van der Waals surface area (Å²) < 4.78 is 20.1. The van der Waals surface area contributed by atoms with E-state index in [2.05, 4.69) is 15.2 Å². The first-order valence-electron chi connectivity index (χ1n) is 6.86. The molecule has 23 heavy (non-hydrogen) atoms. The largest absolute Gasteiger partial charge is 0.366 e. The molecule has 0 fully saturated rings. The van der Waals surface area contributed by atoms with Crippen LogP contribution in [0.3, 0.4) is 0 Å². The molecule has 6 nitrogen and oxygen atoms in total. The van der Waals surface area contributed by atoms with E-state index < -0.39 is 11.1 Å². The summed E-state index contributed by atoms with van der Waals surface area (Å²) in [6.45, 7) is 0. The van der Waals surface area contributed by atoms with Crippen LogP contribution in [0.15, 0.2) is 54.6 Å². The third-order valence-electron chi connectivity index (χ3n) is 3.24. The lowest BCUT2D eigenvalue weighted by Crippen LogP contribution is -2.02. The molecule has 0 radical (unpaired) electrons. The predicted molar refractivity (Wildman–Crippen MR) is 89.6 cm³/mol. The smallest absolute Gasteiger partial charge is 0.240 e. The summed E-state index contributed by atoms with van der Waals surface area (Å²) in [5, 5.41) is 8.01. The zero-order chi connectivity index (χ0) is 16.2. The van der Waals surface area contributed by atoms with Crippen molar-refractivity contribution in [3.8, 4) is 22.5 Å². The molecule has 116 valence electrons. The van der Waals surface area contributed by atoms with Crippen molar-refractivity contribution in [2.75, 3.05) is 5.73 Å². The lowest BCUT2D eigenvalue weighted by Gasteiger charge is -2.09. The quantitative estimate of drug-likeness (QED) is 0.714. The average molecular weight is 326 g/mol. The minimum absolute atomic E-state index is 0.0599. The van der Waals surface area contributed by atoms with Crippen LogP contribution in [0.2, 0.25) is 0 Å². The molecular formula is C16H14N4O2S. The molecular weight excluding hydrogens is 312 g/mol. The van der Waals surface area contributed by atoms with Crippen molar-refractivity contribution in [3.05, 3.63) is 60.2 Å². The molecule has 0 saturated carbocycles. The highest BCUT2D eigenvalue weighted by Crippen LogP contribution is 2.29. The monoisotopic (exact) mass is 326 g/mol. The molecule has 0 bridgehead atoms. The molecule has 1 heterocycles. The van der Waals surface area contributed by atoms with E-state index in [4.69, 9.17) is 10.3 Å². The highest BCUT2D eigenvalue weighted by atomic mass is 32.2. The van der Waals surface area contributed by atoms with Gasteiger partial charge in [0.1, 0.15) is 11.4 Å². The van der Waals surface area contributed by atoms with E-state index in [-0.39, 0.29) is 11.7 Å². The van der Waals surface area contributed by atoms with E-state index in [9.17, 15) is 4.21 Å². The molecule has 1 atom stereocenters. The number of nitrogen functional groups attached to an aromatic ring is 1. The lowest BCUT2D eigenvalue weighted by molar-refractivity contribution is 0.563. The summed E-state index contributed by atoms with van der Waals surface area (Å²) >= 11 is -1.90. The van der Waals surface area contributed by atoms with Gasteiger partial charge in [-0.25, -0.2) is 9.19 Å². The maximum Gasteiger partial charge on any atom is 0.240 e. The first-order chi connectivity index (χ1) is 11.1. The Morgan fingerprint density at radius 2 is 1.70 bits per heavy atom. The molecule has 0 amide bonds. The van der Waals surface area contributed by atoms with Crippen LogP contribution >= 0.6 is 0 Å². The van der Waals surface area contributed by atoms with Gasteiger partial charge in [-0.2, -0.15) is 0 Å². The minimum atomic E-state index is -1.90. The van der Waals surface area contributed by atoms with Crippen LogP contribution in [0.25, 0.3) is 22.5 Å². The van der Waals surface area contributed by atoms with Gasteiger partial charge in [-0.05, 0) is 11.6 Å². The Bertz CT molecular complexity index is 856. The van der Waals surface area contributed by atoms with E-state index in [0.717, 1.165) is 16.7 Å². The number of hydrogen-bond acceptors (Lipinski definition) is 5. The summed E-state index contributed by atoms with van der Waals surface area (Å²) in [5.74, 6) is 0.157. The maximum absolute atomic E-state index is 11.0. The summed E-state index contributed by atoms with van der Waals surface area (Å²) in [6, 6.07) is 16.8. The van der Waals surface area contributed by atoms with Crippen molar-refractivity contribution in [2.45, 2.75) is 5.75 Å². The zero-order valence-electron chi connectivity index (χ0n) is 12.1. The topological polar surface area (TPSA) is 102 Å². The van der Waals surface area contributed by atoms with Crippen molar-refractivity contribution < 1.29 is 8.76 Å². The number of anilines is 1. The Labute approximate surface area is 135 Å². The molecule has 1 aromatic heterocycles. The second kappa shape index (κ2) is 6.64. The van der Waals surface area contributed by atoms with Gasteiger partial charge in [0.25, 0.3) is 0 Å². The standard InChI is InChI=1S/C16H14N4O2S/c17-16-18-14(12-6-2-1-3-7-12)15(19-20-16)13-8-4-5-11(9-13)10-23(21)22/h1-9H,10H2,(H,21,22)(H2,17,18,20). The maximum atomic E-state index is 11.0. The van der Waals surface area contributed by atoms with Gasteiger partial charge in [0.2, 0.25) is 5.95 Å². The summed E-state index contributed by atoms with van der Waals surface area (Å²) in [4.78, 5) is 4.31. The van der Waals surface area contributed by atoms with Crippen LogP contribution in [0.1, 0.15) is 5.56 Å². The second-order valence-electron chi connectivity index (χ2n) is 4.90. The van der Waals surface area contributed by atoms with Crippen LogP contribution in [-0.2, 0) is 16.8 Å². The molecule has 3 aromatic rings. The first-order valence-corrected chi connectivity index (χ1v) is 8.13. The van der Waals surface area contributed by atoms with Gasteiger partial charge in [-0.3, -0.25) is 0 Å². The zero-order valence-corrected chi connectivity index (χ0v) is 12.9. The van der Waals surface area contributed by atoms with E-state index >= 15 is 0 Å². The van der Waals surface area contributed by atoms with Crippen molar-refractivity contribution in [1.82, 2.24) is 15.2 Å². The van der Waals surface area contributed by atoms with E-state index in [1.807, 2.05) is 48.5 Å². The number of rotatable bonds is 4. The van der Waals surface area contributed by atoms with Crippen LogP contribution < -0.4 is 5.73 Å². The molecule has 0 spiro atoms. The predicted octanol–water partition coefficient (Wildman–Crippen LogP) is 2.51. The fraction of sp³-hybridized carbons (Fsp3) is 0.0625. The Kier molecular flexibility index (Phi) is 4.40. The van der Waals surface area contributed by atoms with Gasteiger partial charge in [-0.1, -0.05) is 48.5 Å². The molecule has 0 aliphatic carbocycles.